The Morgan fingerprint density at radius 2 is 2.00 bits per heavy atom. The highest BCUT2D eigenvalue weighted by Gasteiger charge is 2.63. The van der Waals surface area contributed by atoms with Gasteiger partial charge >= 0.3 is 12.1 Å². The minimum atomic E-state index is -4.76. The van der Waals surface area contributed by atoms with Gasteiger partial charge in [-0.25, -0.2) is 0 Å². The van der Waals surface area contributed by atoms with Crippen molar-refractivity contribution in [3.8, 4) is 0 Å². The van der Waals surface area contributed by atoms with Gasteiger partial charge in [0.15, 0.2) is 0 Å². The molecule has 0 aromatic rings. The van der Waals surface area contributed by atoms with E-state index in [0.29, 0.717) is 5.92 Å². The molecule has 17 heavy (non-hydrogen) atoms. The maximum absolute atomic E-state index is 12.5. The van der Waals surface area contributed by atoms with Crippen LogP contribution in [0.2, 0.25) is 0 Å². The summed E-state index contributed by atoms with van der Waals surface area (Å²) in [5, 5.41) is 0. The number of alkyl halides is 3. The number of carbonyl (C=O) groups is 1. The van der Waals surface area contributed by atoms with Crippen LogP contribution in [0.3, 0.4) is 0 Å². The Morgan fingerprint density at radius 1 is 1.29 bits per heavy atom. The second-order valence-electron chi connectivity index (χ2n) is 5.30. The summed E-state index contributed by atoms with van der Waals surface area (Å²) in [6.45, 7) is 0.254. The number of amides is 1. The van der Waals surface area contributed by atoms with Gasteiger partial charge < -0.3 is 9.64 Å². The number of fused-ring (bicyclic) bond motifs is 1. The van der Waals surface area contributed by atoms with E-state index in [1.54, 1.807) is 0 Å². The molecule has 1 saturated heterocycles. The first-order valence-electron chi connectivity index (χ1n) is 5.84. The molecule has 2 bridgehead atoms. The van der Waals surface area contributed by atoms with E-state index in [9.17, 15) is 18.0 Å². The van der Waals surface area contributed by atoms with Crippen LogP contribution >= 0.6 is 0 Å². The van der Waals surface area contributed by atoms with Crippen LogP contribution in [0, 0.1) is 17.8 Å². The lowest BCUT2D eigenvalue weighted by Gasteiger charge is -2.31. The van der Waals surface area contributed by atoms with Crippen molar-refractivity contribution in [2.24, 2.45) is 17.8 Å². The summed E-state index contributed by atoms with van der Waals surface area (Å²) in [5.41, 5.74) is 0. The summed E-state index contributed by atoms with van der Waals surface area (Å²) in [4.78, 5) is 12.4. The van der Waals surface area contributed by atoms with Crippen molar-refractivity contribution in [2.45, 2.75) is 31.2 Å². The van der Waals surface area contributed by atoms with Crippen LogP contribution in [0.25, 0.3) is 0 Å². The van der Waals surface area contributed by atoms with Crippen LogP contribution in [-0.2, 0) is 9.53 Å². The van der Waals surface area contributed by atoms with Crippen LogP contribution in [0.5, 0.6) is 0 Å². The lowest BCUT2D eigenvalue weighted by Crippen LogP contribution is -2.49. The van der Waals surface area contributed by atoms with Crippen molar-refractivity contribution in [1.29, 1.82) is 0 Å². The fourth-order valence-electron chi connectivity index (χ4n) is 4.12. The van der Waals surface area contributed by atoms with E-state index >= 15 is 0 Å². The van der Waals surface area contributed by atoms with Crippen molar-refractivity contribution in [1.82, 2.24) is 4.90 Å². The molecule has 1 aliphatic heterocycles. The van der Waals surface area contributed by atoms with Crippen LogP contribution < -0.4 is 0 Å². The number of hydrogen-bond acceptors (Lipinski definition) is 2. The molecule has 0 radical (unpaired) electrons. The zero-order chi connectivity index (χ0) is 12.4. The molecule has 2 saturated carbocycles. The Morgan fingerprint density at radius 3 is 2.59 bits per heavy atom. The molecule has 0 aromatic heterocycles. The number of likely N-dealkylation sites (tertiary alicyclic amines) is 1. The maximum atomic E-state index is 12.5. The standard InChI is InChI=1S/C11H14F3NO2/c1-17-9-5-2-6-4-15(8(9)7(6)3-5)10(16)11(12,13)14/h5-9H,2-4H2,1H3. The number of halogens is 3. The lowest BCUT2D eigenvalue weighted by molar-refractivity contribution is -0.188. The molecule has 0 aromatic carbocycles. The van der Waals surface area contributed by atoms with E-state index in [1.807, 2.05) is 0 Å². The van der Waals surface area contributed by atoms with Crippen LogP contribution in [0.1, 0.15) is 12.8 Å². The van der Waals surface area contributed by atoms with Crippen molar-refractivity contribution in [2.75, 3.05) is 13.7 Å². The molecule has 3 nitrogen and oxygen atoms in total. The number of hydrogen-bond donors (Lipinski definition) is 0. The van der Waals surface area contributed by atoms with Gasteiger partial charge in [-0.1, -0.05) is 0 Å². The summed E-state index contributed by atoms with van der Waals surface area (Å²) < 4.78 is 42.8. The van der Waals surface area contributed by atoms with E-state index < -0.39 is 12.1 Å². The fraction of sp³-hybridized carbons (Fsp3) is 0.909. The van der Waals surface area contributed by atoms with Gasteiger partial charge in [0.1, 0.15) is 0 Å². The normalized spacial score (nSPS) is 43.5. The highest BCUT2D eigenvalue weighted by atomic mass is 19.4. The second-order valence-corrected chi connectivity index (χ2v) is 5.30. The predicted octanol–water partition coefficient (Wildman–Crippen LogP) is 1.43. The highest BCUT2D eigenvalue weighted by molar-refractivity contribution is 5.82. The Hall–Kier alpha value is -0.780. The van der Waals surface area contributed by atoms with Gasteiger partial charge in [-0.3, -0.25) is 4.79 Å². The maximum Gasteiger partial charge on any atom is 0.471 e. The van der Waals surface area contributed by atoms with E-state index in [0.717, 1.165) is 17.7 Å². The molecule has 3 aliphatic rings. The molecule has 3 rings (SSSR count). The minimum absolute atomic E-state index is 0.204. The molecule has 2 aliphatic carbocycles. The van der Waals surface area contributed by atoms with Gasteiger partial charge in [0.2, 0.25) is 0 Å². The van der Waals surface area contributed by atoms with Crippen LogP contribution in [0.15, 0.2) is 0 Å². The monoisotopic (exact) mass is 249 g/mol. The topological polar surface area (TPSA) is 29.5 Å². The van der Waals surface area contributed by atoms with Crippen molar-refractivity contribution in [3.63, 3.8) is 0 Å². The quantitative estimate of drug-likeness (QED) is 0.703. The molecule has 1 amide bonds. The zero-order valence-corrected chi connectivity index (χ0v) is 9.41. The third kappa shape index (κ3) is 1.42. The highest BCUT2D eigenvalue weighted by Crippen LogP contribution is 2.56. The zero-order valence-electron chi connectivity index (χ0n) is 9.41. The average Bonchev–Trinajstić information content (AvgIpc) is 2.82. The summed E-state index contributed by atoms with van der Waals surface area (Å²) in [7, 11) is 1.52. The minimum Gasteiger partial charge on any atom is -0.379 e. The van der Waals surface area contributed by atoms with E-state index in [2.05, 4.69) is 0 Å². The summed E-state index contributed by atoms with van der Waals surface area (Å²) in [5.74, 6) is -0.885. The predicted molar refractivity (Wildman–Crippen MR) is 52.1 cm³/mol. The number of nitrogens with zero attached hydrogens (tertiary/aromatic N) is 1. The second kappa shape index (κ2) is 3.37. The first-order valence-corrected chi connectivity index (χ1v) is 5.84. The Balaban J connectivity index is 1.87. The van der Waals surface area contributed by atoms with Gasteiger partial charge in [0.05, 0.1) is 12.1 Å². The molecule has 3 fully saturated rings. The molecule has 1 heterocycles. The molecule has 6 heteroatoms. The first kappa shape index (κ1) is 11.3. The Bertz CT molecular complexity index is 355. The van der Waals surface area contributed by atoms with Gasteiger partial charge in [0, 0.05) is 13.7 Å². The summed E-state index contributed by atoms with van der Waals surface area (Å²) in [6.07, 6.45) is -3.15. The molecule has 5 unspecified atom stereocenters. The molecular formula is C11H14F3NO2. The van der Waals surface area contributed by atoms with Gasteiger partial charge in [-0.05, 0) is 30.6 Å². The lowest BCUT2D eigenvalue weighted by atomic mass is 9.88. The molecule has 0 spiro atoms. The summed E-state index contributed by atoms with van der Waals surface area (Å²) in [6, 6.07) is -0.349. The van der Waals surface area contributed by atoms with E-state index in [-0.39, 0.29) is 30.5 Å². The molecular weight excluding hydrogens is 235 g/mol. The molecule has 5 atom stereocenters. The van der Waals surface area contributed by atoms with E-state index in [1.165, 1.54) is 7.11 Å². The van der Waals surface area contributed by atoms with Gasteiger partial charge in [-0.15, -0.1) is 0 Å². The average molecular weight is 249 g/mol. The smallest absolute Gasteiger partial charge is 0.379 e. The van der Waals surface area contributed by atoms with Crippen LogP contribution in [-0.4, -0.2) is 42.8 Å². The van der Waals surface area contributed by atoms with Gasteiger partial charge in [0.25, 0.3) is 0 Å². The largest absolute Gasteiger partial charge is 0.471 e. The first-order chi connectivity index (χ1) is 7.93. The number of carbonyl (C=O) groups excluding carboxylic acids is 1. The van der Waals surface area contributed by atoms with Crippen molar-refractivity contribution >= 4 is 5.91 Å². The SMILES string of the molecule is COC1C2CC3CN(C(=O)C(F)(F)F)C1C3C2. The molecule has 96 valence electrons. The van der Waals surface area contributed by atoms with E-state index in [4.69, 9.17) is 4.74 Å². The number of methoxy groups -OCH3 is 1. The van der Waals surface area contributed by atoms with Crippen molar-refractivity contribution in [3.05, 3.63) is 0 Å². The Kier molecular flexibility index (Phi) is 2.24. The summed E-state index contributed by atoms with van der Waals surface area (Å²) >= 11 is 0. The third-order valence-electron chi connectivity index (χ3n) is 4.59. The molecule has 0 N–H and O–H groups in total. The van der Waals surface area contributed by atoms with Crippen molar-refractivity contribution < 1.29 is 22.7 Å². The fourth-order valence-corrected chi connectivity index (χ4v) is 4.12. The Labute approximate surface area is 96.9 Å². The van der Waals surface area contributed by atoms with Crippen LogP contribution in [0.4, 0.5) is 13.2 Å². The number of rotatable bonds is 1. The third-order valence-corrected chi connectivity index (χ3v) is 4.59. The number of ether oxygens (including phenoxy) is 1. The van der Waals surface area contributed by atoms with Gasteiger partial charge in [-0.2, -0.15) is 13.2 Å².